The third-order valence-electron chi connectivity index (χ3n) is 4.01. The lowest BCUT2D eigenvalue weighted by molar-refractivity contribution is 0.0438. The summed E-state index contributed by atoms with van der Waals surface area (Å²) in [5.74, 6) is 0.555. The van der Waals surface area contributed by atoms with Crippen LogP contribution in [0.25, 0.3) is 11.5 Å². The zero-order valence-corrected chi connectivity index (χ0v) is 17.4. The first-order valence-electron chi connectivity index (χ1n) is 8.96. The van der Waals surface area contributed by atoms with E-state index in [2.05, 4.69) is 15.2 Å². The normalized spacial score (nSPS) is 10.7. The molecule has 30 heavy (non-hydrogen) atoms. The van der Waals surface area contributed by atoms with Gasteiger partial charge in [0.25, 0.3) is 5.89 Å². The lowest BCUT2D eigenvalue weighted by atomic mass is 10.2. The predicted molar refractivity (Wildman–Crippen MR) is 111 cm³/mol. The van der Waals surface area contributed by atoms with Crippen LogP contribution in [0.2, 0.25) is 5.02 Å². The van der Waals surface area contributed by atoms with Gasteiger partial charge in [-0.3, -0.25) is 0 Å². The van der Waals surface area contributed by atoms with Gasteiger partial charge in [-0.05, 0) is 49.4 Å². The first-order valence-corrected chi connectivity index (χ1v) is 10.2. The zero-order valence-electron chi connectivity index (χ0n) is 15.9. The number of esters is 1. The first-order chi connectivity index (χ1) is 14.6. The highest BCUT2D eigenvalue weighted by atomic mass is 35.5. The van der Waals surface area contributed by atoms with Crippen molar-refractivity contribution >= 4 is 28.9 Å². The molecule has 0 saturated heterocycles. The number of aryl methyl sites for hydroxylation is 1. The molecule has 0 bridgehead atoms. The lowest BCUT2D eigenvalue weighted by Crippen LogP contribution is -2.06. The fourth-order valence-corrected chi connectivity index (χ4v) is 3.30. The zero-order chi connectivity index (χ0) is 20.9. The summed E-state index contributed by atoms with van der Waals surface area (Å²) in [7, 11) is 0. The van der Waals surface area contributed by atoms with Crippen molar-refractivity contribution in [1.82, 2.24) is 15.2 Å². The summed E-state index contributed by atoms with van der Waals surface area (Å²) in [6, 6.07) is 13.8. The molecule has 0 atom stereocenters. The maximum atomic E-state index is 12.4. The predicted octanol–water partition coefficient (Wildman–Crippen LogP) is 5.09. The largest absolute Gasteiger partial charge is 0.487 e. The van der Waals surface area contributed by atoms with Crippen LogP contribution in [0, 0.1) is 6.92 Å². The molecule has 0 amide bonds. The van der Waals surface area contributed by atoms with Crippen LogP contribution >= 0.6 is 22.9 Å². The average Bonchev–Trinajstić information content (AvgIpc) is 3.40. The third kappa shape index (κ3) is 5.03. The van der Waals surface area contributed by atoms with E-state index in [0.717, 1.165) is 16.3 Å². The van der Waals surface area contributed by atoms with Crippen LogP contribution in [0.15, 0.2) is 58.3 Å². The number of nitrogens with zero attached hydrogens (tertiary/aromatic N) is 3. The summed E-state index contributed by atoms with van der Waals surface area (Å²) in [6.07, 6.45) is 0. The summed E-state index contributed by atoms with van der Waals surface area (Å²) in [6.45, 7) is 2.13. The number of halogens is 1. The highest BCUT2D eigenvalue weighted by molar-refractivity contribution is 7.09. The Hall–Kier alpha value is -3.23. The van der Waals surface area contributed by atoms with Gasteiger partial charge < -0.3 is 13.9 Å². The van der Waals surface area contributed by atoms with Gasteiger partial charge in [0.1, 0.15) is 12.4 Å². The minimum atomic E-state index is -0.517. The van der Waals surface area contributed by atoms with Crippen LogP contribution in [0.5, 0.6) is 5.75 Å². The Morgan fingerprint density at radius 3 is 2.73 bits per heavy atom. The number of hydrogen-bond donors (Lipinski definition) is 0. The van der Waals surface area contributed by atoms with E-state index >= 15 is 0 Å². The van der Waals surface area contributed by atoms with Crippen LogP contribution in [0.1, 0.15) is 27.0 Å². The fourth-order valence-electron chi connectivity index (χ4n) is 2.58. The molecule has 0 aliphatic carbocycles. The molecular weight excluding hydrogens is 426 g/mol. The van der Waals surface area contributed by atoms with Crippen LogP contribution < -0.4 is 4.74 Å². The number of thiazole rings is 1. The number of hydrogen-bond acceptors (Lipinski definition) is 8. The Morgan fingerprint density at radius 2 is 1.97 bits per heavy atom. The Balaban J connectivity index is 1.34. The Bertz CT molecular complexity index is 1160. The molecule has 9 heteroatoms. The van der Waals surface area contributed by atoms with Crippen molar-refractivity contribution in [2.75, 3.05) is 0 Å². The summed E-state index contributed by atoms with van der Waals surface area (Å²) < 4.78 is 16.5. The maximum Gasteiger partial charge on any atom is 0.338 e. The van der Waals surface area contributed by atoms with Crippen molar-refractivity contribution in [3.8, 4) is 17.2 Å². The van der Waals surface area contributed by atoms with E-state index in [0.29, 0.717) is 28.8 Å². The molecule has 0 spiro atoms. The van der Waals surface area contributed by atoms with Crippen molar-refractivity contribution in [3.05, 3.63) is 81.1 Å². The first kappa shape index (κ1) is 20.1. The van der Waals surface area contributed by atoms with E-state index in [4.69, 9.17) is 25.5 Å². The number of benzene rings is 2. The second-order valence-electron chi connectivity index (χ2n) is 6.26. The van der Waals surface area contributed by atoms with Crippen molar-refractivity contribution in [3.63, 3.8) is 0 Å². The molecule has 4 aromatic rings. The molecule has 0 saturated carbocycles. The van der Waals surface area contributed by atoms with Gasteiger partial charge >= 0.3 is 5.97 Å². The molecule has 2 aromatic carbocycles. The number of carbonyl (C=O) groups is 1. The molecule has 0 fully saturated rings. The molecule has 2 heterocycles. The summed E-state index contributed by atoms with van der Waals surface area (Å²) in [5.41, 5.74) is 1.93. The Kier molecular flexibility index (Phi) is 6.06. The molecule has 0 unspecified atom stereocenters. The molecule has 2 aromatic heterocycles. The number of rotatable bonds is 7. The Morgan fingerprint density at radius 1 is 1.13 bits per heavy atom. The van der Waals surface area contributed by atoms with Gasteiger partial charge in [0.15, 0.2) is 6.61 Å². The van der Waals surface area contributed by atoms with Crippen LogP contribution in [0.3, 0.4) is 0 Å². The standard InChI is InChI=1S/C21H16ClN3O4S/c1-13-23-17(12-30-13)10-27-18-4-2-3-15(9-18)21(26)28-11-19-24-25-20(29-19)14-5-7-16(22)8-6-14/h2-9,12H,10-11H2,1H3. The maximum absolute atomic E-state index is 12.4. The fraction of sp³-hybridized carbons (Fsp3) is 0.143. The van der Waals surface area contributed by atoms with E-state index in [1.807, 2.05) is 12.3 Å². The number of aromatic nitrogens is 3. The molecule has 0 radical (unpaired) electrons. The minimum Gasteiger partial charge on any atom is -0.487 e. The van der Waals surface area contributed by atoms with Gasteiger partial charge in [-0.25, -0.2) is 9.78 Å². The highest BCUT2D eigenvalue weighted by Gasteiger charge is 2.13. The molecule has 4 rings (SSSR count). The van der Waals surface area contributed by atoms with E-state index in [-0.39, 0.29) is 12.5 Å². The van der Waals surface area contributed by atoms with E-state index < -0.39 is 5.97 Å². The molecule has 0 N–H and O–H groups in total. The van der Waals surface area contributed by atoms with Crippen molar-refractivity contribution in [2.24, 2.45) is 0 Å². The van der Waals surface area contributed by atoms with Crippen LogP contribution in [0.4, 0.5) is 0 Å². The second kappa shape index (κ2) is 9.06. The van der Waals surface area contributed by atoms with E-state index in [9.17, 15) is 4.79 Å². The van der Waals surface area contributed by atoms with Crippen LogP contribution in [-0.4, -0.2) is 21.2 Å². The van der Waals surface area contributed by atoms with Crippen molar-refractivity contribution in [1.29, 1.82) is 0 Å². The molecule has 7 nitrogen and oxygen atoms in total. The Labute approximate surface area is 181 Å². The second-order valence-corrected chi connectivity index (χ2v) is 7.76. The molecular formula is C21H16ClN3O4S. The van der Waals surface area contributed by atoms with Crippen molar-refractivity contribution in [2.45, 2.75) is 20.1 Å². The molecule has 0 aliphatic rings. The molecule has 152 valence electrons. The van der Waals surface area contributed by atoms with Gasteiger partial charge in [-0.1, -0.05) is 17.7 Å². The van der Waals surface area contributed by atoms with E-state index in [1.165, 1.54) is 0 Å². The number of carbonyl (C=O) groups excluding carboxylic acids is 1. The van der Waals surface area contributed by atoms with Crippen LogP contribution in [-0.2, 0) is 18.0 Å². The molecule has 0 aliphatic heterocycles. The van der Waals surface area contributed by atoms with Gasteiger partial charge in [-0.2, -0.15) is 0 Å². The summed E-state index contributed by atoms with van der Waals surface area (Å²) in [5, 5.41) is 11.4. The summed E-state index contributed by atoms with van der Waals surface area (Å²) >= 11 is 7.44. The smallest absolute Gasteiger partial charge is 0.338 e. The van der Waals surface area contributed by atoms with Crippen molar-refractivity contribution < 1.29 is 18.7 Å². The monoisotopic (exact) mass is 441 g/mol. The summed E-state index contributed by atoms with van der Waals surface area (Å²) in [4.78, 5) is 16.7. The van der Waals surface area contributed by atoms with E-state index in [1.54, 1.807) is 59.9 Å². The van der Waals surface area contributed by atoms with Gasteiger partial charge in [0.2, 0.25) is 5.89 Å². The van der Waals surface area contributed by atoms with Gasteiger partial charge in [0, 0.05) is 16.0 Å². The van der Waals surface area contributed by atoms with Gasteiger partial charge in [0.05, 0.1) is 16.3 Å². The highest BCUT2D eigenvalue weighted by Crippen LogP contribution is 2.21. The van der Waals surface area contributed by atoms with Gasteiger partial charge in [-0.15, -0.1) is 21.5 Å². The lowest BCUT2D eigenvalue weighted by Gasteiger charge is -2.06. The average molecular weight is 442 g/mol. The quantitative estimate of drug-likeness (QED) is 0.369. The minimum absolute atomic E-state index is 0.136. The SMILES string of the molecule is Cc1nc(COc2cccc(C(=O)OCc3nnc(-c4ccc(Cl)cc4)o3)c2)cs1. The topological polar surface area (TPSA) is 87.3 Å². The number of ether oxygens (including phenoxy) is 2. The third-order valence-corrected chi connectivity index (χ3v) is 5.08.